The molecule has 256 valence electrons. The molecule has 10 nitrogen and oxygen atoms in total. The summed E-state index contributed by atoms with van der Waals surface area (Å²) in [7, 11) is 0. The molecule has 1 aromatic heterocycles. The molecule has 4 N–H and O–H groups in total. The Morgan fingerprint density at radius 3 is 2.10 bits per heavy atom. The zero-order valence-corrected chi connectivity index (χ0v) is 28.5. The lowest BCUT2D eigenvalue weighted by Crippen LogP contribution is -2.56. The van der Waals surface area contributed by atoms with Crippen LogP contribution in [-0.2, 0) is 32.1 Å². The van der Waals surface area contributed by atoms with Gasteiger partial charge < -0.3 is 26.0 Å². The van der Waals surface area contributed by atoms with Crippen molar-refractivity contribution in [3.8, 4) is 0 Å². The lowest BCUT2D eigenvalue weighted by molar-refractivity contribution is -0.130. The second-order valence-electron chi connectivity index (χ2n) is 12.7. The number of carbonyl (C=O) groups is 5. The van der Waals surface area contributed by atoms with Crippen LogP contribution >= 0.6 is 11.3 Å². The fraction of sp³-hybridized carbons (Fsp3) is 0.342. The number of hydrogen-bond donors (Lipinski definition) is 4. The van der Waals surface area contributed by atoms with Gasteiger partial charge in [-0.2, -0.15) is 0 Å². The number of thiophene rings is 1. The number of alkyl carbamates (subject to hydrolysis) is 1. The van der Waals surface area contributed by atoms with E-state index in [0.717, 1.165) is 21.2 Å². The van der Waals surface area contributed by atoms with E-state index in [1.165, 1.54) is 11.3 Å². The third kappa shape index (κ3) is 9.99. The van der Waals surface area contributed by atoms with Gasteiger partial charge in [0.1, 0.15) is 18.7 Å². The molecule has 49 heavy (non-hydrogen) atoms. The minimum absolute atomic E-state index is 0.0347. The van der Waals surface area contributed by atoms with Crippen molar-refractivity contribution in [3.05, 3.63) is 107 Å². The molecule has 11 heteroatoms. The molecule has 1 aliphatic rings. The minimum Gasteiger partial charge on any atom is -0.445 e. The topological polar surface area (TPSA) is 143 Å². The summed E-state index contributed by atoms with van der Waals surface area (Å²) in [5.74, 6) is -1.97. The smallest absolute Gasteiger partial charge is 0.408 e. The van der Waals surface area contributed by atoms with Gasteiger partial charge in [0.25, 0.3) is 0 Å². The second-order valence-corrected chi connectivity index (χ2v) is 13.8. The molecule has 0 aliphatic carbocycles. The summed E-state index contributed by atoms with van der Waals surface area (Å²) in [6.07, 6.45) is 0.367. The molecule has 0 spiro atoms. The van der Waals surface area contributed by atoms with Gasteiger partial charge in [-0.05, 0) is 53.8 Å². The first kappa shape index (κ1) is 35.3. The molecule has 2 heterocycles. The van der Waals surface area contributed by atoms with E-state index in [2.05, 4.69) is 21.3 Å². The third-order valence-corrected chi connectivity index (χ3v) is 9.56. The average Bonchev–Trinajstić information content (AvgIpc) is 3.72. The molecule has 4 atom stereocenters. The Morgan fingerprint density at radius 1 is 0.816 bits per heavy atom. The predicted molar refractivity (Wildman–Crippen MR) is 189 cm³/mol. The Kier molecular flexibility index (Phi) is 12.2. The maximum absolute atomic E-state index is 14.1. The van der Waals surface area contributed by atoms with Gasteiger partial charge in [0, 0.05) is 23.6 Å². The SMILES string of the molecule is CC(C)C[C@H](NC(=O)OCc1ccccc1)C(=O)N[C@@H](Cc1ccccc1)C(=O)N[C@@H](C[C@H]1CCNC1=O)C(=O)c1cc2ccccc2s1. The van der Waals surface area contributed by atoms with Crippen LogP contribution in [0.5, 0.6) is 0 Å². The van der Waals surface area contributed by atoms with Crippen molar-refractivity contribution in [1.82, 2.24) is 21.3 Å². The van der Waals surface area contributed by atoms with Gasteiger partial charge in [-0.15, -0.1) is 11.3 Å². The maximum Gasteiger partial charge on any atom is 0.408 e. The highest BCUT2D eigenvalue weighted by atomic mass is 32.1. The molecule has 4 amide bonds. The summed E-state index contributed by atoms with van der Waals surface area (Å²) >= 11 is 1.34. The summed E-state index contributed by atoms with van der Waals surface area (Å²) in [6.45, 7) is 4.39. The van der Waals surface area contributed by atoms with Gasteiger partial charge in [-0.25, -0.2) is 4.79 Å². The van der Waals surface area contributed by atoms with E-state index in [0.29, 0.717) is 24.3 Å². The molecular formula is C38H42N4O6S. The number of hydrogen-bond acceptors (Lipinski definition) is 7. The molecule has 0 saturated carbocycles. The standard InChI is InChI=1S/C38H42N4O6S/c1-24(2)19-30(42-38(47)48-23-26-13-7-4-8-14-26)36(45)41-31(20-25-11-5-3-6-12-25)37(46)40-29(21-28-17-18-39-35(28)44)34(43)33-22-27-15-9-10-16-32(27)49-33/h3-16,22,24,28-31H,17-21,23H2,1-2H3,(H,39,44)(H,40,46)(H,41,45)(H,42,47)/t28-,29+,30+,31+/m1/s1. The maximum atomic E-state index is 14.1. The van der Waals surface area contributed by atoms with E-state index in [1.807, 2.05) is 98.8 Å². The molecule has 4 aromatic rings. The van der Waals surface area contributed by atoms with Gasteiger partial charge in [0.05, 0.1) is 10.9 Å². The molecular weight excluding hydrogens is 641 g/mol. The van der Waals surface area contributed by atoms with Gasteiger partial charge in [0.2, 0.25) is 17.7 Å². The van der Waals surface area contributed by atoms with Crippen LogP contribution in [0, 0.1) is 11.8 Å². The Bertz CT molecular complexity index is 1730. The zero-order chi connectivity index (χ0) is 34.8. The van der Waals surface area contributed by atoms with E-state index >= 15 is 0 Å². The first-order valence-corrected chi connectivity index (χ1v) is 17.4. The van der Waals surface area contributed by atoms with Crippen LogP contribution in [0.1, 0.15) is 53.9 Å². The molecule has 0 bridgehead atoms. The summed E-state index contributed by atoms with van der Waals surface area (Å²) in [5.41, 5.74) is 1.60. The fourth-order valence-corrected chi connectivity index (χ4v) is 6.93. The van der Waals surface area contributed by atoms with Crippen LogP contribution in [0.4, 0.5) is 4.79 Å². The minimum atomic E-state index is -1.08. The summed E-state index contributed by atoms with van der Waals surface area (Å²) in [5, 5.41) is 12.1. The Labute approximate surface area is 290 Å². The molecule has 5 rings (SSSR count). The normalized spacial score (nSPS) is 16.0. The lowest BCUT2D eigenvalue weighted by atomic mass is 9.94. The summed E-state index contributed by atoms with van der Waals surface area (Å²) in [4.78, 5) is 67.7. The van der Waals surface area contributed by atoms with Crippen molar-refractivity contribution in [1.29, 1.82) is 0 Å². The number of ether oxygens (including phenoxy) is 1. The number of fused-ring (bicyclic) bond motifs is 1. The predicted octanol–water partition coefficient (Wildman–Crippen LogP) is 5.16. The number of Topliss-reactive ketones (excluding diaryl/α,β-unsaturated/α-hetero) is 1. The largest absolute Gasteiger partial charge is 0.445 e. The van der Waals surface area contributed by atoms with E-state index in [4.69, 9.17) is 4.74 Å². The number of benzene rings is 3. The van der Waals surface area contributed by atoms with Gasteiger partial charge in [-0.3, -0.25) is 19.2 Å². The van der Waals surface area contributed by atoms with Gasteiger partial charge in [0.15, 0.2) is 5.78 Å². The van der Waals surface area contributed by atoms with Crippen LogP contribution in [0.2, 0.25) is 0 Å². The number of nitrogens with one attached hydrogen (secondary N) is 4. The van der Waals surface area contributed by atoms with Crippen molar-refractivity contribution in [2.45, 2.75) is 64.3 Å². The fourth-order valence-electron chi connectivity index (χ4n) is 5.87. The lowest BCUT2D eigenvalue weighted by Gasteiger charge is -2.26. The first-order chi connectivity index (χ1) is 23.7. The molecule has 1 fully saturated rings. The molecule has 0 unspecified atom stereocenters. The van der Waals surface area contributed by atoms with Crippen LogP contribution in [-0.4, -0.2) is 54.3 Å². The molecule has 0 radical (unpaired) electrons. The van der Waals surface area contributed by atoms with Crippen molar-refractivity contribution in [2.24, 2.45) is 11.8 Å². The second kappa shape index (κ2) is 16.9. The van der Waals surface area contributed by atoms with E-state index in [1.54, 1.807) is 6.07 Å². The molecule has 1 aliphatic heterocycles. The highest BCUT2D eigenvalue weighted by Crippen LogP contribution is 2.28. The Hall–Kier alpha value is -5.03. The molecule has 3 aromatic carbocycles. The van der Waals surface area contributed by atoms with E-state index < -0.39 is 42.0 Å². The van der Waals surface area contributed by atoms with E-state index in [-0.39, 0.29) is 37.1 Å². The van der Waals surface area contributed by atoms with Crippen LogP contribution in [0.3, 0.4) is 0 Å². The number of amides is 4. The monoisotopic (exact) mass is 682 g/mol. The van der Waals surface area contributed by atoms with Crippen molar-refractivity contribution in [3.63, 3.8) is 0 Å². The van der Waals surface area contributed by atoms with Crippen molar-refractivity contribution in [2.75, 3.05) is 6.54 Å². The highest BCUT2D eigenvalue weighted by molar-refractivity contribution is 7.20. The number of ketones is 1. The zero-order valence-electron chi connectivity index (χ0n) is 27.6. The van der Waals surface area contributed by atoms with E-state index in [9.17, 15) is 24.0 Å². The highest BCUT2D eigenvalue weighted by Gasteiger charge is 2.35. The van der Waals surface area contributed by atoms with Gasteiger partial charge in [-0.1, -0.05) is 92.7 Å². The van der Waals surface area contributed by atoms with Gasteiger partial charge >= 0.3 is 6.09 Å². The number of rotatable bonds is 15. The third-order valence-electron chi connectivity index (χ3n) is 8.43. The number of carbonyl (C=O) groups excluding carboxylic acids is 5. The van der Waals surface area contributed by atoms with Crippen LogP contribution < -0.4 is 21.3 Å². The first-order valence-electron chi connectivity index (χ1n) is 16.6. The Morgan fingerprint density at radius 2 is 1.45 bits per heavy atom. The summed E-state index contributed by atoms with van der Waals surface area (Å²) in [6, 6.07) is 24.8. The van der Waals surface area contributed by atoms with Crippen molar-refractivity contribution < 1.29 is 28.7 Å². The molecule has 1 saturated heterocycles. The quantitative estimate of drug-likeness (QED) is 0.128. The summed E-state index contributed by atoms with van der Waals surface area (Å²) < 4.78 is 6.31. The van der Waals surface area contributed by atoms with Crippen molar-refractivity contribution >= 4 is 51.0 Å². The van der Waals surface area contributed by atoms with Crippen LogP contribution in [0.25, 0.3) is 10.1 Å². The average molecular weight is 683 g/mol. The van der Waals surface area contributed by atoms with Crippen LogP contribution in [0.15, 0.2) is 91.0 Å². The Balaban J connectivity index is 1.35.